The molecule has 0 spiro atoms. The maximum atomic E-state index is 13.0. The molecule has 3 rings (SSSR count). The average molecular weight is 346 g/mol. The molecule has 2 N–H and O–H groups in total. The van der Waals surface area contributed by atoms with Gasteiger partial charge < -0.3 is 20.1 Å². The van der Waals surface area contributed by atoms with Gasteiger partial charge in [0, 0.05) is 20.0 Å². The standard InChI is InChI=1S/C19H26N2O4/c1-14(22)20-9-4-10-21-18(23)19(7-2-3-8-19)15-5-6-16-17(13-15)25-12-11-24-16/h5-6,13H,2-4,7-12H2,1H3,(H,20,22)(H,21,23). The third-order valence-corrected chi connectivity index (χ3v) is 5.00. The molecule has 1 saturated carbocycles. The Balaban J connectivity index is 1.68. The molecular formula is C19H26N2O4. The Hall–Kier alpha value is -2.24. The van der Waals surface area contributed by atoms with E-state index in [4.69, 9.17) is 9.47 Å². The molecule has 1 heterocycles. The first-order chi connectivity index (χ1) is 12.1. The number of rotatable bonds is 6. The van der Waals surface area contributed by atoms with Gasteiger partial charge in [-0.3, -0.25) is 9.59 Å². The van der Waals surface area contributed by atoms with Gasteiger partial charge in [0.1, 0.15) is 13.2 Å². The number of carbonyl (C=O) groups excluding carboxylic acids is 2. The van der Waals surface area contributed by atoms with Crippen LogP contribution < -0.4 is 20.1 Å². The van der Waals surface area contributed by atoms with Crippen LogP contribution in [0.3, 0.4) is 0 Å². The summed E-state index contributed by atoms with van der Waals surface area (Å²) in [7, 11) is 0. The third kappa shape index (κ3) is 3.89. The molecule has 1 aromatic rings. The molecule has 0 bridgehead atoms. The van der Waals surface area contributed by atoms with Crippen LogP contribution in [0.15, 0.2) is 18.2 Å². The molecular weight excluding hydrogens is 320 g/mol. The van der Waals surface area contributed by atoms with E-state index in [2.05, 4.69) is 10.6 Å². The fourth-order valence-electron chi connectivity index (χ4n) is 3.69. The number of nitrogens with one attached hydrogen (secondary N) is 2. The Bertz CT molecular complexity index is 638. The van der Waals surface area contributed by atoms with Crippen molar-refractivity contribution in [3.63, 3.8) is 0 Å². The van der Waals surface area contributed by atoms with Crippen LogP contribution in [-0.2, 0) is 15.0 Å². The number of carbonyl (C=O) groups is 2. The Kier molecular flexibility index (Phi) is 5.46. The lowest BCUT2D eigenvalue weighted by molar-refractivity contribution is -0.126. The van der Waals surface area contributed by atoms with Gasteiger partial charge >= 0.3 is 0 Å². The van der Waals surface area contributed by atoms with Crippen LogP contribution in [-0.4, -0.2) is 38.1 Å². The number of ether oxygens (including phenoxy) is 2. The monoisotopic (exact) mass is 346 g/mol. The van der Waals surface area contributed by atoms with E-state index >= 15 is 0 Å². The topological polar surface area (TPSA) is 76.7 Å². The molecule has 0 unspecified atom stereocenters. The summed E-state index contributed by atoms with van der Waals surface area (Å²) in [5.41, 5.74) is 0.526. The summed E-state index contributed by atoms with van der Waals surface area (Å²) >= 11 is 0. The fourth-order valence-corrected chi connectivity index (χ4v) is 3.69. The molecule has 6 heteroatoms. The van der Waals surface area contributed by atoms with Gasteiger partial charge in [0.25, 0.3) is 0 Å². The van der Waals surface area contributed by atoms with Crippen molar-refractivity contribution >= 4 is 11.8 Å². The highest BCUT2D eigenvalue weighted by atomic mass is 16.6. The molecule has 2 amide bonds. The fraction of sp³-hybridized carbons (Fsp3) is 0.579. The molecule has 2 aliphatic rings. The second kappa shape index (κ2) is 7.76. The smallest absolute Gasteiger partial charge is 0.230 e. The zero-order valence-electron chi connectivity index (χ0n) is 14.7. The molecule has 1 fully saturated rings. The lowest BCUT2D eigenvalue weighted by Gasteiger charge is -2.30. The summed E-state index contributed by atoms with van der Waals surface area (Å²) in [6, 6.07) is 5.88. The summed E-state index contributed by atoms with van der Waals surface area (Å²) in [6.45, 7) is 3.73. The maximum absolute atomic E-state index is 13.0. The van der Waals surface area contributed by atoms with Crippen molar-refractivity contribution in [1.29, 1.82) is 0 Å². The summed E-state index contributed by atoms with van der Waals surface area (Å²) in [4.78, 5) is 23.8. The molecule has 0 radical (unpaired) electrons. The lowest BCUT2D eigenvalue weighted by Crippen LogP contribution is -2.43. The number of hydrogen-bond acceptors (Lipinski definition) is 4. The first-order valence-corrected chi connectivity index (χ1v) is 9.05. The maximum Gasteiger partial charge on any atom is 0.230 e. The van der Waals surface area contributed by atoms with Gasteiger partial charge in [-0.25, -0.2) is 0 Å². The number of fused-ring (bicyclic) bond motifs is 1. The predicted molar refractivity (Wildman–Crippen MR) is 93.9 cm³/mol. The molecule has 0 aromatic heterocycles. The van der Waals surface area contributed by atoms with E-state index in [9.17, 15) is 9.59 Å². The second-order valence-electron chi connectivity index (χ2n) is 6.74. The van der Waals surface area contributed by atoms with Crippen LogP contribution in [0.5, 0.6) is 11.5 Å². The number of amides is 2. The van der Waals surface area contributed by atoms with Gasteiger partial charge in [0.15, 0.2) is 11.5 Å². The van der Waals surface area contributed by atoms with Gasteiger partial charge in [0.2, 0.25) is 11.8 Å². The van der Waals surface area contributed by atoms with E-state index in [1.54, 1.807) is 0 Å². The molecule has 6 nitrogen and oxygen atoms in total. The number of hydrogen-bond donors (Lipinski definition) is 2. The predicted octanol–water partition coefficient (Wildman–Crippen LogP) is 1.91. The largest absolute Gasteiger partial charge is 0.486 e. The molecule has 136 valence electrons. The summed E-state index contributed by atoms with van der Waals surface area (Å²) in [5.74, 6) is 1.51. The highest BCUT2D eigenvalue weighted by molar-refractivity contribution is 5.88. The van der Waals surface area contributed by atoms with Crippen molar-refractivity contribution < 1.29 is 19.1 Å². The Morgan fingerprint density at radius 2 is 1.72 bits per heavy atom. The average Bonchev–Trinajstić information content (AvgIpc) is 3.11. The van der Waals surface area contributed by atoms with Crippen LogP contribution in [0.25, 0.3) is 0 Å². The first kappa shape index (κ1) is 17.6. The van der Waals surface area contributed by atoms with Crippen molar-refractivity contribution in [3.05, 3.63) is 23.8 Å². The van der Waals surface area contributed by atoms with E-state index in [1.807, 2.05) is 18.2 Å². The van der Waals surface area contributed by atoms with Crippen LogP contribution in [0.4, 0.5) is 0 Å². The minimum Gasteiger partial charge on any atom is -0.486 e. The van der Waals surface area contributed by atoms with Crippen LogP contribution in [0.1, 0.15) is 44.6 Å². The first-order valence-electron chi connectivity index (χ1n) is 9.05. The van der Waals surface area contributed by atoms with E-state index in [0.717, 1.165) is 49.2 Å². The number of benzene rings is 1. The molecule has 25 heavy (non-hydrogen) atoms. The van der Waals surface area contributed by atoms with Crippen molar-refractivity contribution in [1.82, 2.24) is 10.6 Å². The van der Waals surface area contributed by atoms with E-state index in [1.165, 1.54) is 6.92 Å². The zero-order valence-corrected chi connectivity index (χ0v) is 14.7. The molecule has 1 aliphatic carbocycles. The molecule has 0 saturated heterocycles. The quantitative estimate of drug-likeness (QED) is 0.772. The Labute approximate surface area is 148 Å². The summed E-state index contributed by atoms with van der Waals surface area (Å²) in [5, 5.41) is 5.80. The van der Waals surface area contributed by atoms with E-state index in [-0.39, 0.29) is 11.8 Å². The SMILES string of the molecule is CC(=O)NCCCNC(=O)C1(c2ccc3c(c2)OCCO3)CCCC1. The van der Waals surface area contributed by atoms with Crippen LogP contribution in [0.2, 0.25) is 0 Å². The highest BCUT2D eigenvalue weighted by Gasteiger charge is 2.43. The van der Waals surface area contributed by atoms with Crippen molar-refractivity contribution in [2.24, 2.45) is 0 Å². The van der Waals surface area contributed by atoms with Gasteiger partial charge in [-0.15, -0.1) is 0 Å². The van der Waals surface area contributed by atoms with Crippen molar-refractivity contribution in [3.8, 4) is 11.5 Å². The minimum absolute atomic E-state index is 0.0464. The van der Waals surface area contributed by atoms with E-state index in [0.29, 0.717) is 26.3 Å². The molecule has 1 aromatic carbocycles. The normalized spacial score (nSPS) is 17.8. The summed E-state index contributed by atoms with van der Waals surface area (Å²) in [6.07, 6.45) is 4.53. The van der Waals surface area contributed by atoms with Gasteiger partial charge in [-0.05, 0) is 37.0 Å². The summed E-state index contributed by atoms with van der Waals surface area (Å²) < 4.78 is 11.3. The zero-order chi connectivity index (χ0) is 17.7. The minimum atomic E-state index is -0.482. The van der Waals surface area contributed by atoms with Crippen molar-refractivity contribution in [2.45, 2.75) is 44.4 Å². The molecule has 1 aliphatic heterocycles. The van der Waals surface area contributed by atoms with Gasteiger partial charge in [-0.2, -0.15) is 0 Å². The molecule has 0 atom stereocenters. The highest BCUT2D eigenvalue weighted by Crippen LogP contribution is 2.44. The second-order valence-corrected chi connectivity index (χ2v) is 6.74. The Morgan fingerprint density at radius 3 is 2.44 bits per heavy atom. The van der Waals surface area contributed by atoms with Crippen LogP contribution >= 0.6 is 0 Å². The van der Waals surface area contributed by atoms with Gasteiger partial charge in [0.05, 0.1) is 5.41 Å². The Morgan fingerprint density at radius 1 is 1.04 bits per heavy atom. The lowest BCUT2D eigenvalue weighted by atomic mass is 9.77. The third-order valence-electron chi connectivity index (χ3n) is 5.00. The van der Waals surface area contributed by atoms with Gasteiger partial charge in [-0.1, -0.05) is 18.9 Å². The van der Waals surface area contributed by atoms with Crippen molar-refractivity contribution in [2.75, 3.05) is 26.3 Å². The van der Waals surface area contributed by atoms with E-state index < -0.39 is 5.41 Å². The van der Waals surface area contributed by atoms with Crippen LogP contribution in [0, 0.1) is 0 Å².